The first-order chi connectivity index (χ1) is 13.3. The van der Waals surface area contributed by atoms with Gasteiger partial charge in [-0.05, 0) is 39.5 Å². The minimum Gasteiger partial charge on any atom is -0.444 e. The molecule has 0 unspecified atom stereocenters. The van der Waals surface area contributed by atoms with Crippen LogP contribution in [0.5, 0.6) is 0 Å². The topological polar surface area (TPSA) is 112 Å². The fourth-order valence-corrected chi connectivity index (χ4v) is 3.61. The molecule has 14 heteroatoms. The Kier molecular flexibility index (Phi) is 11.7. The van der Waals surface area contributed by atoms with Gasteiger partial charge in [0.2, 0.25) is 0 Å². The second-order valence-electron chi connectivity index (χ2n) is 7.60. The van der Waals surface area contributed by atoms with Crippen molar-refractivity contribution in [2.45, 2.75) is 44.7 Å². The highest BCUT2D eigenvalue weighted by molar-refractivity contribution is 14.0. The maximum atomic E-state index is 12.6. The molecule has 0 bridgehead atoms. The smallest absolute Gasteiger partial charge is 0.444 e. The number of ether oxygens (including phenoxy) is 1. The first-order valence-corrected chi connectivity index (χ1v) is 10.7. The third-order valence-corrected chi connectivity index (χ3v) is 5.70. The van der Waals surface area contributed by atoms with Crippen LogP contribution < -0.4 is 16.0 Å². The van der Waals surface area contributed by atoms with E-state index in [2.05, 4.69) is 20.9 Å². The van der Waals surface area contributed by atoms with E-state index < -0.39 is 27.2 Å². The monoisotopic (exact) mass is 573 g/mol. The maximum absolute atomic E-state index is 12.6. The van der Waals surface area contributed by atoms with E-state index in [-0.39, 0.29) is 43.0 Å². The van der Waals surface area contributed by atoms with Crippen LogP contribution in [-0.2, 0) is 14.8 Å². The number of alkyl halides is 3. The minimum absolute atomic E-state index is 0. The summed E-state index contributed by atoms with van der Waals surface area (Å²) in [5.41, 5.74) is -5.85. The summed E-state index contributed by atoms with van der Waals surface area (Å²) < 4.78 is 66.2. The van der Waals surface area contributed by atoms with E-state index in [1.54, 1.807) is 27.8 Å². The number of carbonyl (C=O) groups is 1. The number of carbonyl (C=O) groups excluding carboxylic acids is 1. The van der Waals surface area contributed by atoms with Gasteiger partial charge in [-0.2, -0.15) is 17.5 Å². The Balaban J connectivity index is 0.00000841. The molecule has 1 aliphatic heterocycles. The van der Waals surface area contributed by atoms with Gasteiger partial charge in [0, 0.05) is 39.8 Å². The number of guanidine groups is 1. The van der Waals surface area contributed by atoms with Gasteiger partial charge < -0.3 is 20.7 Å². The van der Waals surface area contributed by atoms with E-state index in [0.717, 1.165) is 0 Å². The van der Waals surface area contributed by atoms with Crippen molar-refractivity contribution in [3.05, 3.63) is 0 Å². The Morgan fingerprint density at radius 2 is 1.63 bits per heavy atom. The van der Waals surface area contributed by atoms with E-state index in [4.69, 9.17) is 4.74 Å². The second kappa shape index (κ2) is 12.1. The number of sulfonamides is 1. The lowest BCUT2D eigenvalue weighted by atomic mass is 9.98. The molecule has 0 saturated carbocycles. The molecule has 1 amide bonds. The molecule has 9 nitrogen and oxygen atoms in total. The van der Waals surface area contributed by atoms with Crippen LogP contribution in [-0.4, -0.2) is 75.7 Å². The quantitative estimate of drug-likeness (QED) is 0.194. The SMILES string of the molecule is CN=C(NCCNC(=O)OC(C)(C)C)NCC1CCN(S(=O)(=O)C(F)(F)F)CC1.I. The number of aliphatic imine (C=N–C) groups is 1. The van der Waals surface area contributed by atoms with Crippen molar-refractivity contribution in [1.29, 1.82) is 0 Å². The molecular formula is C16H31F3IN5O4S. The van der Waals surface area contributed by atoms with E-state index in [1.807, 2.05) is 0 Å². The number of hydrogen-bond donors (Lipinski definition) is 3. The number of hydrogen-bond acceptors (Lipinski definition) is 5. The zero-order chi connectivity index (χ0) is 22.3. The van der Waals surface area contributed by atoms with Crippen molar-refractivity contribution in [1.82, 2.24) is 20.3 Å². The normalized spacial score (nSPS) is 17.1. The minimum atomic E-state index is -5.27. The highest BCUT2D eigenvalue weighted by Gasteiger charge is 2.50. The zero-order valence-corrected chi connectivity index (χ0v) is 20.7. The molecule has 30 heavy (non-hydrogen) atoms. The average molecular weight is 573 g/mol. The molecule has 0 aromatic rings. The summed E-state index contributed by atoms with van der Waals surface area (Å²) >= 11 is 0. The standard InChI is InChI=1S/C16H30F3N5O4S.HI/c1-15(2,3)28-14(25)22-8-7-21-13(20-4)23-11-12-5-9-24(10-6-12)29(26,27)16(17,18)19;/h12H,5-11H2,1-4H3,(H,22,25)(H2,20,21,23);1H. The van der Waals surface area contributed by atoms with Crippen LogP contribution in [0.2, 0.25) is 0 Å². The molecule has 1 rings (SSSR count). The van der Waals surface area contributed by atoms with Crippen molar-refractivity contribution in [3.8, 4) is 0 Å². The van der Waals surface area contributed by atoms with E-state index in [9.17, 15) is 26.4 Å². The summed E-state index contributed by atoms with van der Waals surface area (Å²) in [6.07, 6.45) is 0.113. The van der Waals surface area contributed by atoms with Crippen molar-refractivity contribution >= 4 is 46.1 Å². The Morgan fingerprint density at radius 3 is 2.10 bits per heavy atom. The van der Waals surface area contributed by atoms with Gasteiger partial charge in [-0.15, -0.1) is 24.0 Å². The molecule has 0 aromatic carbocycles. The van der Waals surface area contributed by atoms with E-state index in [1.165, 1.54) is 0 Å². The third-order valence-electron chi connectivity index (χ3n) is 4.07. The first kappa shape index (κ1) is 29.0. The lowest BCUT2D eigenvalue weighted by Crippen LogP contribution is -2.47. The van der Waals surface area contributed by atoms with Crippen molar-refractivity contribution in [3.63, 3.8) is 0 Å². The number of rotatable bonds is 6. The molecule has 1 aliphatic rings. The Hall–Kier alpha value is -1.03. The molecule has 0 aromatic heterocycles. The molecule has 3 N–H and O–H groups in total. The summed E-state index contributed by atoms with van der Waals surface area (Å²) in [7, 11) is -3.70. The van der Waals surface area contributed by atoms with Gasteiger partial charge in [0.25, 0.3) is 0 Å². The summed E-state index contributed by atoms with van der Waals surface area (Å²) in [5.74, 6) is 0.495. The van der Waals surface area contributed by atoms with Gasteiger partial charge in [0.15, 0.2) is 5.96 Å². The molecule has 0 aliphatic carbocycles. The molecule has 0 radical (unpaired) electrons. The van der Waals surface area contributed by atoms with Crippen LogP contribution in [0, 0.1) is 5.92 Å². The maximum Gasteiger partial charge on any atom is 0.511 e. The van der Waals surface area contributed by atoms with Crippen molar-refractivity contribution < 1.29 is 31.1 Å². The second-order valence-corrected chi connectivity index (χ2v) is 9.53. The van der Waals surface area contributed by atoms with Crippen LogP contribution in [0.15, 0.2) is 4.99 Å². The third kappa shape index (κ3) is 9.85. The first-order valence-electron chi connectivity index (χ1n) is 9.24. The predicted molar refractivity (Wildman–Crippen MR) is 118 cm³/mol. The van der Waals surface area contributed by atoms with E-state index >= 15 is 0 Å². The van der Waals surface area contributed by atoms with Crippen molar-refractivity contribution in [2.75, 3.05) is 39.8 Å². The lowest BCUT2D eigenvalue weighted by molar-refractivity contribution is -0.0496. The van der Waals surface area contributed by atoms with Crippen LogP contribution in [0.1, 0.15) is 33.6 Å². The van der Waals surface area contributed by atoms with Gasteiger partial charge in [-0.1, -0.05) is 0 Å². The van der Waals surface area contributed by atoms with E-state index in [0.29, 0.717) is 42.7 Å². The highest BCUT2D eigenvalue weighted by Crippen LogP contribution is 2.30. The fraction of sp³-hybridized carbons (Fsp3) is 0.875. The van der Waals surface area contributed by atoms with Gasteiger partial charge in [0.1, 0.15) is 5.60 Å². The highest BCUT2D eigenvalue weighted by atomic mass is 127. The van der Waals surface area contributed by atoms with Crippen LogP contribution in [0.25, 0.3) is 0 Å². The van der Waals surface area contributed by atoms with Crippen molar-refractivity contribution in [2.24, 2.45) is 10.9 Å². The fourth-order valence-electron chi connectivity index (χ4n) is 2.62. The predicted octanol–water partition coefficient (Wildman–Crippen LogP) is 1.86. The number of piperidine rings is 1. The molecule has 1 heterocycles. The molecule has 0 atom stereocenters. The summed E-state index contributed by atoms with van der Waals surface area (Å²) in [6, 6.07) is 0. The Labute approximate surface area is 192 Å². The number of nitrogens with zero attached hydrogens (tertiary/aromatic N) is 2. The number of alkyl carbamates (subject to hydrolysis) is 1. The number of halogens is 4. The van der Waals surface area contributed by atoms with Gasteiger partial charge in [-0.3, -0.25) is 4.99 Å². The Bertz CT molecular complexity index is 675. The lowest BCUT2D eigenvalue weighted by Gasteiger charge is -2.31. The molecular weight excluding hydrogens is 542 g/mol. The zero-order valence-electron chi connectivity index (χ0n) is 17.5. The van der Waals surface area contributed by atoms with Gasteiger partial charge in [-0.25, -0.2) is 13.2 Å². The van der Waals surface area contributed by atoms with Crippen LogP contribution in [0.4, 0.5) is 18.0 Å². The average Bonchev–Trinajstić information content (AvgIpc) is 2.59. The molecule has 1 saturated heterocycles. The van der Waals surface area contributed by atoms with Crippen LogP contribution in [0.3, 0.4) is 0 Å². The molecule has 1 fully saturated rings. The Morgan fingerprint density at radius 1 is 1.10 bits per heavy atom. The number of nitrogens with one attached hydrogen (secondary N) is 3. The van der Waals surface area contributed by atoms with Gasteiger partial charge >= 0.3 is 21.6 Å². The molecule has 0 spiro atoms. The molecule has 178 valence electrons. The largest absolute Gasteiger partial charge is 0.511 e. The van der Waals surface area contributed by atoms with Gasteiger partial charge in [0.05, 0.1) is 0 Å². The summed E-state index contributed by atoms with van der Waals surface area (Å²) in [6.45, 7) is 6.10. The summed E-state index contributed by atoms with van der Waals surface area (Å²) in [4.78, 5) is 15.6. The summed E-state index contributed by atoms with van der Waals surface area (Å²) in [5, 5.41) is 8.64. The number of amides is 1. The van der Waals surface area contributed by atoms with Crippen LogP contribution >= 0.6 is 24.0 Å².